The summed E-state index contributed by atoms with van der Waals surface area (Å²) in [6, 6.07) is 89.1. The first-order chi connectivity index (χ1) is 41.9. The highest BCUT2D eigenvalue weighted by molar-refractivity contribution is 6.36. The number of hydrogen-bond donors (Lipinski definition) is 0. The molecule has 86 heavy (non-hydrogen) atoms. The van der Waals surface area contributed by atoms with Crippen molar-refractivity contribution in [2.45, 2.75) is 52.4 Å². The third-order valence-corrected chi connectivity index (χ3v) is 19.4. The number of benzene rings is 12. The van der Waals surface area contributed by atoms with E-state index in [1.807, 2.05) is 0 Å². The monoisotopic (exact) mass is 1100 g/mol. The molecule has 0 saturated heterocycles. The van der Waals surface area contributed by atoms with Crippen molar-refractivity contribution in [1.82, 2.24) is 22.9 Å². The Morgan fingerprint density at radius 2 is 0.721 bits per heavy atom. The molecule has 19 aromatic rings. The van der Waals surface area contributed by atoms with Gasteiger partial charge in [-0.15, -0.1) is 0 Å². The zero-order valence-corrected chi connectivity index (χ0v) is 48.8. The fourth-order valence-corrected chi connectivity index (χ4v) is 15.4. The third-order valence-electron chi connectivity index (χ3n) is 19.4. The van der Waals surface area contributed by atoms with Crippen LogP contribution in [-0.2, 0) is 10.8 Å². The molecule has 0 spiro atoms. The van der Waals surface area contributed by atoms with Crippen molar-refractivity contribution in [3.63, 3.8) is 0 Å². The highest BCUT2D eigenvalue weighted by atomic mass is 15.0. The van der Waals surface area contributed by atoms with Gasteiger partial charge in [-0.25, -0.2) is 4.98 Å². The molecule has 0 bridgehead atoms. The Hall–Kier alpha value is -10.5. The van der Waals surface area contributed by atoms with Crippen LogP contribution in [0, 0.1) is 0 Å². The molecule has 0 fully saturated rings. The summed E-state index contributed by atoms with van der Waals surface area (Å²) in [6.07, 6.45) is 0. The minimum Gasteiger partial charge on any atom is -0.309 e. The average Bonchev–Trinajstić information content (AvgIpc) is 1.56. The van der Waals surface area contributed by atoms with Crippen molar-refractivity contribution < 1.29 is 0 Å². The number of aromatic nitrogens is 5. The first-order valence-electron chi connectivity index (χ1n) is 30.3. The summed E-state index contributed by atoms with van der Waals surface area (Å²) in [6.45, 7) is 14.1. The summed E-state index contributed by atoms with van der Waals surface area (Å²) in [5, 5.41) is 18.5. The quantitative estimate of drug-likeness (QED) is 0.173. The Morgan fingerprint density at radius 3 is 1.27 bits per heavy atom. The van der Waals surface area contributed by atoms with Gasteiger partial charge in [0.1, 0.15) is 5.65 Å². The first-order valence-corrected chi connectivity index (χ1v) is 30.3. The molecular weight excluding hydrogens is 1040 g/mol. The van der Waals surface area contributed by atoms with Crippen molar-refractivity contribution in [1.29, 1.82) is 0 Å². The first kappa shape index (κ1) is 47.9. The van der Waals surface area contributed by atoms with E-state index in [-0.39, 0.29) is 10.8 Å². The van der Waals surface area contributed by atoms with Gasteiger partial charge in [-0.3, -0.25) is 4.40 Å². The van der Waals surface area contributed by atoms with E-state index in [2.05, 4.69) is 296 Å². The summed E-state index contributed by atoms with van der Waals surface area (Å²) in [4.78, 5) is 6.16. The average molecular weight is 1100 g/mol. The van der Waals surface area contributed by atoms with E-state index in [4.69, 9.17) is 4.98 Å². The summed E-state index contributed by atoms with van der Waals surface area (Å²) >= 11 is 0. The van der Waals surface area contributed by atoms with E-state index in [1.54, 1.807) is 0 Å². The SMILES string of the molecule is CC(C)(C)c1cc(-c2ccc3c(c2)c2ccccc2n3-c2ccccc2)c2c(c1)c1c3ccccc3cc3c4nc5c(cc4n2c31)c1c2ccccc2cc2c3cc(C(C)(C)C)cc(-c4ccc6c(c4)c4ccccc4n6-c4ccccc4)c3n5c21. The van der Waals surface area contributed by atoms with Gasteiger partial charge >= 0.3 is 0 Å². The number of hydrogen-bond acceptors (Lipinski definition) is 1. The van der Waals surface area contributed by atoms with E-state index in [0.29, 0.717) is 0 Å². The smallest absolute Gasteiger partial charge is 0.146 e. The zero-order chi connectivity index (χ0) is 57.2. The van der Waals surface area contributed by atoms with E-state index in [0.717, 1.165) is 33.4 Å². The summed E-state index contributed by atoms with van der Waals surface area (Å²) in [5.74, 6) is 0. The van der Waals surface area contributed by atoms with E-state index >= 15 is 0 Å². The standard InChI is InChI=1S/C81H57N5/c1-80(2,3)50-41-58(48-33-35-69-60(37-48)56-29-17-19-31-67(56)83(69)52-23-9-7-10-24-52)75-63(43-50)62-39-46-21-13-16-28-55(46)73-65-45-71-74(82-79(65)86(75)77(62)73)66-40-47-22-14-15-27-54(47)72-64-44-51(81(4,5)6)42-59(76(64)85(71)78(66)72)49-34-36-70-61(38-49)57-30-18-20-32-68(57)84(70)53-25-11-8-12-26-53/h7-45H,1-6H3. The Balaban J connectivity index is 0.964. The molecule has 7 heterocycles. The van der Waals surface area contributed by atoms with Crippen LogP contribution in [0.2, 0.25) is 0 Å². The van der Waals surface area contributed by atoms with Gasteiger partial charge in [0.2, 0.25) is 0 Å². The summed E-state index contributed by atoms with van der Waals surface area (Å²) < 4.78 is 10.0. The molecule has 0 radical (unpaired) electrons. The highest BCUT2D eigenvalue weighted by Gasteiger charge is 2.31. The maximum absolute atomic E-state index is 6.16. The maximum Gasteiger partial charge on any atom is 0.146 e. The lowest BCUT2D eigenvalue weighted by Gasteiger charge is -2.21. The lowest BCUT2D eigenvalue weighted by atomic mass is 9.83. The Kier molecular flexibility index (Phi) is 9.28. The van der Waals surface area contributed by atoms with Crippen LogP contribution >= 0.6 is 0 Å². The number of para-hydroxylation sites is 4. The zero-order valence-electron chi connectivity index (χ0n) is 48.8. The highest BCUT2D eigenvalue weighted by Crippen LogP contribution is 2.52. The predicted octanol–water partition coefficient (Wildman–Crippen LogP) is 21.8. The van der Waals surface area contributed by atoms with Crippen molar-refractivity contribution in [2.24, 2.45) is 0 Å². The van der Waals surface area contributed by atoms with Crippen LogP contribution in [0.3, 0.4) is 0 Å². The molecule has 0 aliphatic rings. The number of rotatable bonds is 4. The van der Waals surface area contributed by atoms with Crippen molar-refractivity contribution in [2.75, 3.05) is 0 Å². The van der Waals surface area contributed by atoms with E-state index in [1.165, 1.54) is 153 Å². The van der Waals surface area contributed by atoms with Crippen molar-refractivity contribution in [3.05, 3.63) is 248 Å². The molecule has 0 amide bonds. The van der Waals surface area contributed by atoms with E-state index in [9.17, 15) is 0 Å². The summed E-state index contributed by atoms with van der Waals surface area (Å²) in [7, 11) is 0. The third kappa shape index (κ3) is 6.31. The van der Waals surface area contributed by atoms with Crippen LogP contribution in [0.4, 0.5) is 0 Å². The Bertz CT molecular complexity index is 6130. The lowest BCUT2D eigenvalue weighted by molar-refractivity contribution is 0.591. The van der Waals surface area contributed by atoms with Crippen LogP contribution in [0.5, 0.6) is 0 Å². The molecule has 0 unspecified atom stereocenters. The molecule has 0 N–H and O–H groups in total. The molecule has 12 aromatic carbocycles. The van der Waals surface area contributed by atoms with Gasteiger partial charge < -0.3 is 13.5 Å². The van der Waals surface area contributed by atoms with Gasteiger partial charge in [-0.05, 0) is 158 Å². The fourth-order valence-electron chi connectivity index (χ4n) is 15.4. The van der Waals surface area contributed by atoms with Crippen LogP contribution in [0.15, 0.2) is 237 Å². The largest absolute Gasteiger partial charge is 0.309 e. The second-order valence-electron chi connectivity index (χ2n) is 26.3. The molecule has 5 heteroatoms. The molecule has 5 nitrogen and oxygen atoms in total. The van der Waals surface area contributed by atoms with Crippen LogP contribution in [0.25, 0.3) is 175 Å². The van der Waals surface area contributed by atoms with Gasteiger partial charge in [-0.2, -0.15) is 0 Å². The van der Waals surface area contributed by atoms with Gasteiger partial charge in [0.05, 0.1) is 55.2 Å². The predicted molar refractivity (Wildman–Crippen MR) is 366 cm³/mol. The van der Waals surface area contributed by atoms with Crippen LogP contribution < -0.4 is 0 Å². The second-order valence-corrected chi connectivity index (χ2v) is 26.3. The topological polar surface area (TPSA) is 31.6 Å². The van der Waals surface area contributed by atoms with Gasteiger partial charge in [0.15, 0.2) is 0 Å². The Morgan fingerprint density at radius 1 is 0.291 bits per heavy atom. The molecule has 0 atom stereocenters. The van der Waals surface area contributed by atoms with Crippen LogP contribution in [-0.4, -0.2) is 22.9 Å². The summed E-state index contributed by atoms with van der Waals surface area (Å²) in [5.41, 5.74) is 22.2. The molecule has 406 valence electrons. The minimum absolute atomic E-state index is 0.122. The van der Waals surface area contributed by atoms with Crippen LogP contribution in [0.1, 0.15) is 52.7 Å². The number of nitrogens with zero attached hydrogens (tertiary/aromatic N) is 5. The number of fused-ring (bicyclic) bond motifs is 22. The number of pyridine rings is 1. The molecule has 0 aliphatic carbocycles. The second kappa shape index (κ2) is 16.6. The molecule has 0 aliphatic heterocycles. The van der Waals surface area contributed by atoms with Gasteiger partial charge in [0, 0.05) is 81.8 Å². The van der Waals surface area contributed by atoms with Gasteiger partial charge in [-0.1, -0.05) is 175 Å². The minimum atomic E-state index is -0.127. The molecular formula is C81H57N5. The van der Waals surface area contributed by atoms with Crippen molar-refractivity contribution in [3.8, 4) is 33.6 Å². The van der Waals surface area contributed by atoms with Crippen molar-refractivity contribution >= 4 is 142 Å². The molecule has 19 rings (SSSR count). The Labute approximate surface area is 495 Å². The normalized spacial score (nSPS) is 13.0. The lowest BCUT2D eigenvalue weighted by Crippen LogP contribution is -2.11. The maximum atomic E-state index is 6.16. The molecule has 0 saturated carbocycles. The fraction of sp³-hybridized carbons (Fsp3) is 0.0988. The van der Waals surface area contributed by atoms with E-state index < -0.39 is 0 Å². The van der Waals surface area contributed by atoms with Gasteiger partial charge in [0.25, 0.3) is 0 Å². The molecule has 7 aromatic heterocycles.